The van der Waals surface area contributed by atoms with E-state index in [1.54, 1.807) is 17.3 Å². The van der Waals surface area contributed by atoms with Crippen molar-refractivity contribution in [2.45, 2.75) is 40.2 Å². The van der Waals surface area contributed by atoms with Crippen LogP contribution in [-0.2, 0) is 9.53 Å². The number of fused-ring (bicyclic) bond motifs is 1. The van der Waals surface area contributed by atoms with Crippen molar-refractivity contribution < 1.29 is 14.3 Å². The monoisotopic (exact) mass is 400 g/mol. The Morgan fingerprint density at radius 2 is 2.07 bits per heavy atom. The van der Waals surface area contributed by atoms with Crippen LogP contribution >= 0.6 is 0 Å². The van der Waals surface area contributed by atoms with Gasteiger partial charge in [0, 0.05) is 24.6 Å². The maximum absolute atomic E-state index is 13.3. The van der Waals surface area contributed by atoms with Gasteiger partial charge >= 0.3 is 6.09 Å². The first-order chi connectivity index (χ1) is 13.6. The van der Waals surface area contributed by atoms with E-state index >= 15 is 0 Å². The first-order valence-electron chi connectivity index (χ1n) is 9.28. The number of rotatable bonds is 5. The van der Waals surface area contributed by atoms with Crippen LogP contribution in [0.1, 0.15) is 39.9 Å². The van der Waals surface area contributed by atoms with Gasteiger partial charge in [-0.15, -0.1) is 0 Å². The average molecular weight is 400 g/mol. The first-order valence-corrected chi connectivity index (χ1v) is 9.28. The number of primary amides is 1. The molecule has 0 aromatic carbocycles. The highest BCUT2D eigenvalue weighted by Gasteiger charge is 2.43. The average Bonchev–Trinajstić information content (AvgIpc) is 3.22. The number of aromatic nitrogens is 4. The van der Waals surface area contributed by atoms with Crippen molar-refractivity contribution in [3.05, 3.63) is 18.1 Å². The predicted octanol–water partition coefficient (Wildman–Crippen LogP) is 1.10. The molecule has 11 heteroatoms. The quantitative estimate of drug-likeness (QED) is 0.786. The second-order valence-corrected chi connectivity index (χ2v) is 8.23. The van der Waals surface area contributed by atoms with Gasteiger partial charge in [0.15, 0.2) is 11.8 Å². The molecule has 29 heavy (non-hydrogen) atoms. The van der Waals surface area contributed by atoms with Crippen molar-refractivity contribution >= 4 is 23.6 Å². The summed E-state index contributed by atoms with van der Waals surface area (Å²) in [5, 5.41) is 16.7. The van der Waals surface area contributed by atoms with Crippen molar-refractivity contribution in [2.24, 2.45) is 17.1 Å². The Balaban J connectivity index is 2.04. The van der Waals surface area contributed by atoms with Gasteiger partial charge < -0.3 is 10.5 Å². The fourth-order valence-corrected chi connectivity index (χ4v) is 3.37. The van der Waals surface area contributed by atoms with E-state index in [0.717, 1.165) is 0 Å². The largest absolute Gasteiger partial charge is 0.436 e. The first kappa shape index (κ1) is 20.3. The van der Waals surface area contributed by atoms with Gasteiger partial charge in [-0.25, -0.2) is 14.8 Å². The molecule has 3 heterocycles. The van der Waals surface area contributed by atoms with Crippen LogP contribution < -0.4 is 10.7 Å². The Labute approximate surface area is 168 Å². The van der Waals surface area contributed by atoms with Gasteiger partial charge in [0.05, 0.1) is 6.20 Å². The maximum Gasteiger partial charge on any atom is 0.405 e. The summed E-state index contributed by atoms with van der Waals surface area (Å²) < 4.78 is 6.59. The number of amides is 2. The summed E-state index contributed by atoms with van der Waals surface area (Å²) in [6, 6.07) is 3.58. The molecule has 2 aromatic heterocycles. The molecule has 1 fully saturated rings. The molecule has 11 nitrogen and oxygen atoms in total. The van der Waals surface area contributed by atoms with E-state index in [4.69, 9.17) is 10.5 Å². The molecular weight excluding hydrogens is 376 g/mol. The number of ether oxygens (including phenoxy) is 1. The molecule has 0 saturated carbocycles. The standard InChI is InChI=1S/C18H24N8O3/c1-11(2)7-12(29-16(20)28)15(27)24-9-18(3,4)10-25(24)17-23-13(8-19)22-14-5-6-21-26(14)17/h5-6,11-12H,7,9-10H2,1-4H3,(H2,20,28). The van der Waals surface area contributed by atoms with Gasteiger partial charge in [-0.1, -0.05) is 27.7 Å². The van der Waals surface area contributed by atoms with Crippen molar-refractivity contribution in [1.82, 2.24) is 24.6 Å². The molecule has 0 bridgehead atoms. The van der Waals surface area contributed by atoms with E-state index < -0.39 is 18.1 Å². The fourth-order valence-electron chi connectivity index (χ4n) is 3.37. The third-order valence-corrected chi connectivity index (χ3v) is 4.49. The molecule has 154 valence electrons. The number of hydrogen-bond acceptors (Lipinski definition) is 8. The molecule has 1 saturated heterocycles. The summed E-state index contributed by atoms with van der Waals surface area (Å²) in [5.41, 5.74) is 5.35. The van der Waals surface area contributed by atoms with Gasteiger partial charge in [-0.2, -0.15) is 24.8 Å². The minimum atomic E-state index is -1.02. The normalized spacial score (nSPS) is 16.8. The molecule has 0 aliphatic carbocycles. The lowest BCUT2D eigenvalue weighted by molar-refractivity contribution is -0.141. The molecule has 2 amide bonds. The number of carbonyl (C=O) groups excluding carboxylic acids is 2. The molecule has 2 N–H and O–H groups in total. The molecule has 2 aromatic rings. The van der Waals surface area contributed by atoms with Crippen LogP contribution in [-0.4, -0.2) is 55.8 Å². The zero-order valence-electron chi connectivity index (χ0n) is 16.9. The minimum Gasteiger partial charge on any atom is -0.436 e. The fraction of sp³-hybridized carbons (Fsp3) is 0.556. The lowest BCUT2D eigenvalue weighted by Crippen LogP contribution is -2.49. The van der Waals surface area contributed by atoms with Crippen LogP contribution in [0.4, 0.5) is 10.7 Å². The van der Waals surface area contributed by atoms with Gasteiger partial charge in [-0.05, 0) is 12.3 Å². The number of carbonyl (C=O) groups is 2. The smallest absolute Gasteiger partial charge is 0.405 e. The zero-order valence-corrected chi connectivity index (χ0v) is 16.9. The Hall–Kier alpha value is -3.42. The molecule has 0 spiro atoms. The highest BCUT2D eigenvalue weighted by molar-refractivity contribution is 5.85. The number of nitrogens with two attached hydrogens (primary N) is 1. The second kappa shape index (κ2) is 7.54. The summed E-state index contributed by atoms with van der Waals surface area (Å²) in [5.74, 6) is -0.0370. The number of hydrazine groups is 1. The summed E-state index contributed by atoms with van der Waals surface area (Å²) in [6.07, 6.45) is -0.150. The third kappa shape index (κ3) is 4.21. The Bertz CT molecular complexity index is 977. The summed E-state index contributed by atoms with van der Waals surface area (Å²) >= 11 is 0. The van der Waals surface area contributed by atoms with Gasteiger partial charge in [0.2, 0.25) is 5.82 Å². The van der Waals surface area contributed by atoms with Gasteiger partial charge in [0.25, 0.3) is 11.9 Å². The SMILES string of the molecule is CC(C)CC(OC(N)=O)C(=O)N1CC(C)(C)CN1c1nc(C#N)nc2ccnn12. The van der Waals surface area contributed by atoms with Gasteiger partial charge in [-0.3, -0.25) is 4.79 Å². The molecule has 1 atom stereocenters. The van der Waals surface area contributed by atoms with Crippen molar-refractivity contribution in [2.75, 3.05) is 18.1 Å². The molecule has 3 rings (SSSR count). The number of anilines is 1. The maximum atomic E-state index is 13.3. The van der Waals surface area contributed by atoms with E-state index in [-0.39, 0.29) is 23.1 Å². The second-order valence-electron chi connectivity index (χ2n) is 8.23. The van der Waals surface area contributed by atoms with Crippen LogP contribution in [0.25, 0.3) is 5.65 Å². The number of nitriles is 1. The van der Waals surface area contributed by atoms with Crippen LogP contribution in [0.3, 0.4) is 0 Å². The van der Waals surface area contributed by atoms with E-state index in [2.05, 4.69) is 15.1 Å². The highest BCUT2D eigenvalue weighted by Crippen LogP contribution is 2.32. The van der Waals surface area contributed by atoms with Crippen LogP contribution in [0, 0.1) is 22.7 Å². The Morgan fingerprint density at radius 1 is 1.34 bits per heavy atom. The lowest BCUT2D eigenvalue weighted by atomic mass is 9.95. The van der Waals surface area contributed by atoms with E-state index in [9.17, 15) is 14.9 Å². The Kier molecular flexibility index (Phi) is 5.28. The highest BCUT2D eigenvalue weighted by atomic mass is 16.6. The molecule has 1 unspecified atom stereocenters. The minimum absolute atomic E-state index is 0.0304. The van der Waals surface area contributed by atoms with E-state index in [1.807, 2.05) is 33.8 Å². The molecule has 0 radical (unpaired) electrons. The van der Waals surface area contributed by atoms with Crippen LogP contribution in [0.5, 0.6) is 0 Å². The van der Waals surface area contributed by atoms with Crippen LogP contribution in [0.15, 0.2) is 12.3 Å². The topological polar surface area (TPSA) is 143 Å². The Morgan fingerprint density at radius 3 is 2.69 bits per heavy atom. The van der Waals surface area contributed by atoms with Crippen LogP contribution in [0.2, 0.25) is 0 Å². The zero-order chi connectivity index (χ0) is 21.3. The molecular formula is C18H24N8O3. The summed E-state index contributed by atoms with van der Waals surface area (Å²) in [7, 11) is 0. The number of nitrogens with zero attached hydrogens (tertiary/aromatic N) is 7. The lowest BCUT2D eigenvalue weighted by Gasteiger charge is -2.31. The van der Waals surface area contributed by atoms with Crippen molar-refractivity contribution in [1.29, 1.82) is 5.26 Å². The predicted molar refractivity (Wildman–Crippen MR) is 102 cm³/mol. The summed E-state index contributed by atoms with van der Waals surface area (Å²) in [6.45, 7) is 8.68. The van der Waals surface area contributed by atoms with E-state index in [0.29, 0.717) is 25.2 Å². The third-order valence-electron chi connectivity index (χ3n) is 4.49. The van der Waals surface area contributed by atoms with Crippen molar-refractivity contribution in [3.63, 3.8) is 0 Å². The van der Waals surface area contributed by atoms with Gasteiger partial charge in [0.1, 0.15) is 6.07 Å². The van der Waals surface area contributed by atoms with Crippen molar-refractivity contribution in [3.8, 4) is 6.07 Å². The number of hydrogen-bond donors (Lipinski definition) is 1. The summed E-state index contributed by atoms with van der Waals surface area (Å²) in [4.78, 5) is 33.1. The molecule has 1 aliphatic rings. The molecule has 1 aliphatic heterocycles. The van der Waals surface area contributed by atoms with E-state index in [1.165, 1.54) is 9.52 Å².